The predicted molar refractivity (Wildman–Crippen MR) is 138 cm³/mol. The van der Waals surface area contributed by atoms with Crippen LogP contribution in [-0.2, 0) is 11.2 Å². The zero-order valence-electron chi connectivity index (χ0n) is 20.3. The van der Waals surface area contributed by atoms with Crippen LogP contribution in [0.3, 0.4) is 0 Å². The third-order valence-electron chi connectivity index (χ3n) is 7.02. The summed E-state index contributed by atoms with van der Waals surface area (Å²) in [7, 11) is 0. The van der Waals surface area contributed by atoms with Gasteiger partial charge in [0.2, 0.25) is 0 Å². The van der Waals surface area contributed by atoms with Crippen molar-refractivity contribution < 1.29 is 19.4 Å². The Hall–Kier alpha value is -4.17. The molecule has 0 radical (unpaired) electrons. The molecule has 1 aliphatic heterocycles. The molecule has 37 heavy (non-hydrogen) atoms. The Morgan fingerprint density at radius 3 is 2.49 bits per heavy atom. The number of ether oxygens (including phenoxy) is 1. The SMILES string of the molecule is O=C1N[C@@H](c2ccc(OCCO)cc2)C(=O)N1[C@H](Cc1ccccc1)c1nc2ccc(C3CC3)cc2[nH]1. The molecule has 2 heterocycles. The van der Waals surface area contributed by atoms with Gasteiger partial charge in [-0.05, 0) is 59.7 Å². The van der Waals surface area contributed by atoms with Crippen molar-refractivity contribution in [3.63, 3.8) is 0 Å². The number of imide groups is 1. The lowest BCUT2D eigenvalue weighted by Gasteiger charge is -2.24. The number of aromatic nitrogens is 2. The van der Waals surface area contributed by atoms with Crippen LogP contribution in [0.5, 0.6) is 5.75 Å². The first-order chi connectivity index (χ1) is 18.1. The van der Waals surface area contributed by atoms with Gasteiger partial charge in [-0.3, -0.25) is 9.69 Å². The highest BCUT2D eigenvalue weighted by Gasteiger charge is 2.44. The van der Waals surface area contributed by atoms with Crippen LogP contribution in [0.1, 0.15) is 53.4 Å². The number of nitrogens with one attached hydrogen (secondary N) is 2. The molecule has 1 aromatic heterocycles. The van der Waals surface area contributed by atoms with Crippen molar-refractivity contribution in [3.8, 4) is 5.75 Å². The Morgan fingerprint density at radius 2 is 1.76 bits per heavy atom. The lowest BCUT2D eigenvalue weighted by Crippen LogP contribution is -2.36. The van der Waals surface area contributed by atoms with Crippen LogP contribution >= 0.6 is 0 Å². The van der Waals surface area contributed by atoms with Gasteiger partial charge in [0.15, 0.2) is 0 Å². The van der Waals surface area contributed by atoms with Crippen molar-refractivity contribution in [1.82, 2.24) is 20.2 Å². The molecule has 1 saturated heterocycles. The van der Waals surface area contributed by atoms with Crippen molar-refractivity contribution in [1.29, 1.82) is 0 Å². The maximum atomic E-state index is 13.7. The number of fused-ring (bicyclic) bond motifs is 1. The minimum Gasteiger partial charge on any atom is -0.491 e. The lowest BCUT2D eigenvalue weighted by molar-refractivity contribution is -0.129. The van der Waals surface area contributed by atoms with E-state index in [1.165, 1.54) is 23.3 Å². The second-order valence-corrected chi connectivity index (χ2v) is 9.61. The maximum absolute atomic E-state index is 13.7. The van der Waals surface area contributed by atoms with Gasteiger partial charge in [-0.2, -0.15) is 0 Å². The molecule has 1 aliphatic carbocycles. The molecule has 188 valence electrons. The molecule has 4 aromatic rings. The van der Waals surface area contributed by atoms with Crippen LogP contribution in [0.25, 0.3) is 11.0 Å². The summed E-state index contributed by atoms with van der Waals surface area (Å²) in [4.78, 5) is 36.5. The molecule has 0 unspecified atom stereocenters. The smallest absolute Gasteiger partial charge is 0.325 e. The molecule has 2 atom stereocenters. The third-order valence-corrected chi connectivity index (χ3v) is 7.02. The van der Waals surface area contributed by atoms with E-state index in [1.54, 1.807) is 24.3 Å². The lowest BCUT2D eigenvalue weighted by atomic mass is 10.0. The number of aromatic amines is 1. The number of aliphatic hydroxyl groups excluding tert-OH is 1. The number of H-pyrrole nitrogens is 1. The Morgan fingerprint density at radius 1 is 1.00 bits per heavy atom. The zero-order chi connectivity index (χ0) is 25.4. The van der Waals surface area contributed by atoms with Crippen molar-refractivity contribution in [2.75, 3.05) is 13.2 Å². The van der Waals surface area contributed by atoms with E-state index < -0.39 is 18.1 Å². The van der Waals surface area contributed by atoms with E-state index in [0.717, 1.165) is 16.6 Å². The Labute approximate surface area is 214 Å². The summed E-state index contributed by atoms with van der Waals surface area (Å²) in [5.74, 6) is 1.46. The number of nitrogens with zero attached hydrogens (tertiary/aromatic N) is 2. The van der Waals surface area contributed by atoms with Gasteiger partial charge < -0.3 is 20.1 Å². The zero-order valence-corrected chi connectivity index (χ0v) is 20.3. The van der Waals surface area contributed by atoms with E-state index in [-0.39, 0.29) is 19.1 Å². The van der Waals surface area contributed by atoms with E-state index >= 15 is 0 Å². The fraction of sp³-hybridized carbons (Fsp3) is 0.276. The van der Waals surface area contributed by atoms with Gasteiger partial charge in [-0.15, -0.1) is 0 Å². The van der Waals surface area contributed by atoms with Crippen LogP contribution < -0.4 is 10.1 Å². The molecule has 2 aliphatic rings. The highest BCUT2D eigenvalue weighted by atomic mass is 16.5. The summed E-state index contributed by atoms with van der Waals surface area (Å²) < 4.78 is 5.42. The van der Waals surface area contributed by atoms with Gasteiger partial charge in [0.1, 0.15) is 30.3 Å². The average molecular weight is 497 g/mol. The molecule has 3 amide bonds. The average Bonchev–Trinajstić information content (AvgIpc) is 3.62. The highest BCUT2D eigenvalue weighted by Crippen LogP contribution is 2.41. The topological polar surface area (TPSA) is 108 Å². The van der Waals surface area contributed by atoms with Crippen LogP contribution in [0, 0.1) is 0 Å². The number of aliphatic hydroxyl groups is 1. The molecule has 0 spiro atoms. The van der Waals surface area contributed by atoms with E-state index in [9.17, 15) is 9.59 Å². The molecule has 8 heteroatoms. The number of rotatable bonds is 9. The number of carbonyl (C=O) groups is 2. The Bertz CT molecular complexity index is 1430. The monoisotopic (exact) mass is 496 g/mol. The first kappa shape index (κ1) is 23.2. The van der Waals surface area contributed by atoms with Gasteiger partial charge in [0, 0.05) is 6.42 Å². The second kappa shape index (κ2) is 9.71. The largest absolute Gasteiger partial charge is 0.491 e. The first-order valence-electron chi connectivity index (χ1n) is 12.6. The Balaban J connectivity index is 1.32. The van der Waals surface area contributed by atoms with E-state index in [0.29, 0.717) is 29.5 Å². The summed E-state index contributed by atoms with van der Waals surface area (Å²) in [6.07, 6.45) is 2.86. The number of urea groups is 1. The molecule has 1 saturated carbocycles. The van der Waals surface area contributed by atoms with Crippen molar-refractivity contribution in [2.45, 2.75) is 37.3 Å². The molecular weight excluding hydrogens is 468 g/mol. The molecule has 2 fully saturated rings. The molecule has 0 bridgehead atoms. The number of imidazole rings is 1. The predicted octanol–water partition coefficient (Wildman–Crippen LogP) is 4.39. The molecule has 6 rings (SSSR count). The quantitative estimate of drug-likeness (QED) is 0.298. The fourth-order valence-electron chi connectivity index (χ4n) is 4.96. The van der Waals surface area contributed by atoms with Crippen molar-refractivity contribution in [2.24, 2.45) is 0 Å². The maximum Gasteiger partial charge on any atom is 0.325 e. The summed E-state index contributed by atoms with van der Waals surface area (Å²) >= 11 is 0. The minimum atomic E-state index is -0.802. The van der Waals surface area contributed by atoms with E-state index in [2.05, 4.69) is 22.4 Å². The summed E-state index contributed by atoms with van der Waals surface area (Å²) in [6.45, 7) is 0.105. The summed E-state index contributed by atoms with van der Waals surface area (Å²) in [6, 6.07) is 21.2. The Kier molecular flexibility index (Phi) is 6.10. The summed E-state index contributed by atoms with van der Waals surface area (Å²) in [5, 5.41) is 11.8. The van der Waals surface area contributed by atoms with Gasteiger partial charge in [-0.25, -0.2) is 9.78 Å². The van der Waals surface area contributed by atoms with Gasteiger partial charge >= 0.3 is 6.03 Å². The number of hydrogen-bond acceptors (Lipinski definition) is 5. The molecule has 8 nitrogen and oxygen atoms in total. The summed E-state index contributed by atoms with van der Waals surface area (Å²) in [5.41, 5.74) is 4.69. The number of benzene rings is 3. The van der Waals surface area contributed by atoms with Crippen LogP contribution in [0.2, 0.25) is 0 Å². The van der Waals surface area contributed by atoms with E-state index in [4.69, 9.17) is 14.8 Å². The molecule has 3 aromatic carbocycles. The van der Waals surface area contributed by atoms with Gasteiger partial charge in [0.05, 0.1) is 17.6 Å². The molecule has 3 N–H and O–H groups in total. The van der Waals surface area contributed by atoms with Crippen LogP contribution in [-0.4, -0.2) is 45.1 Å². The third kappa shape index (κ3) is 4.68. The minimum absolute atomic E-state index is 0.0830. The fourth-order valence-corrected chi connectivity index (χ4v) is 4.96. The highest BCUT2D eigenvalue weighted by molar-refractivity contribution is 6.05. The van der Waals surface area contributed by atoms with Crippen molar-refractivity contribution >= 4 is 23.0 Å². The van der Waals surface area contributed by atoms with Gasteiger partial charge in [-0.1, -0.05) is 48.5 Å². The number of hydrogen-bond donors (Lipinski definition) is 3. The standard InChI is InChI=1S/C29H28N4O4/c34-14-15-37-22-11-8-20(9-12-22)26-28(35)33(29(36)32-26)25(16-18-4-2-1-3-5-18)27-30-23-13-10-21(19-6-7-19)17-24(23)31-27/h1-5,8-13,17,19,25-26,34H,6-7,14-16H2,(H,30,31)(H,32,36)/t25-,26+/m1/s1. The normalized spacial score (nSPS) is 18.3. The van der Waals surface area contributed by atoms with Gasteiger partial charge in [0.25, 0.3) is 5.91 Å². The van der Waals surface area contributed by atoms with Crippen LogP contribution in [0.4, 0.5) is 4.79 Å². The van der Waals surface area contributed by atoms with Crippen molar-refractivity contribution in [3.05, 3.63) is 95.3 Å². The number of amides is 3. The number of carbonyl (C=O) groups excluding carboxylic acids is 2. The first-order valence-corrected chi connectivity index (χ1v) is 12.6. The van der Waals surface area contributed by atoms with Crippen LogP contribution in [0.15, 0.2) is 72.8 Å². The van der Waals surface area contributed by atoms with E-state index in [1.807, 2.05) is 36.4 Å². The second-order valence-electron chi connectivity index (χ2n) is 9.61. The molecular formula is C29H28N4O4.